The highest BCUT2D eigenvalue weighted by molar-refractivity contribution is 5.31. The van der Waals surface area contributed by atoms with Crippen LogP contribution in [0.2, 0.25) is 0 Å². The molecule has 0 radical (unpaired) electrons. The molecule has 134 valence electrons. The van der Waals surface area contributed by atoms with Crippen LogP contribution in [0.15, 0.2) is 48.5 Å². The molecule has 0 amide bonds. The van der Waals surface area contributed by atoms with E-state index < -0.39 is 0 Å². The van der Waals surface area contributed by atoms with Crippen molar-refractivity contribution in [1.29, 1.82) is 0 Å². The zero-order valence-electron chi connectivity index (χ0n) is 15.8. The van der Waals surface area contributed by atoms with Gasteiger partial charge in [0, 0.05) is 19.0 Å². The van der Waals surface area contributed by atoms with Crippen LogP contribution < -0.4 is 0 Å². The second-order valence-electron chi connectivity index (χ2n) is 7.79. The average molecular weight is 338 g/mol. The molecule has 0 spiro atoms. The van der Waals surface area contributed by atoms with Gasteiger partial charge >= 0.3 is 0 Å². The van der Waals surface area contributed by atoms with Gasteiger partial charge in [0.1, 0.15) is 6.23 Å². The van der Waals surface area contributed by atoms with E-state index >= 15 is 0 Å². The van der Waals surface area contributed by atoms with Crippen LogP contribution in [0, 0.1) is 19.8 Å². The highest BCUT2D eigenvalue weighted by atomic mass is 16.3. The van der Waals surface area contributed by atoms with Gasteiger partial charge in [-0.25, -0.2) is 0 Å². The molecule has 2 aromatic rings. The third-order valence-corrected chi connectivity index (χ3v) is 5.61. The molecule has 2 nitrogen and oxygen atoms in total. The smallest absolute Gasteiger partial charge is 0.114 e. The summed E-state index contributed by atoms with van der Waals surface area (Å²) in [6.45, 7) is 8.39. The summed E-state index contributed by atoms with van der Waals surface area (Å²) in [6.07, 6.45) is 3.12. The van der Waals surface area contributed by atoms with Crippen molar-refractivity contribution >= 4 is 0 Å². The lowest BCUT2D eigenvalue weighted by Gasteiger charge is -2.37. The number of nitrogens with zero attached hydrogens (tertiary/aromatic N) is 1. The number of rotatable bonds is 5. The van der Waals surface area contributed by atoms with Crippen LogP contribution in [-0.4, -0.2) is 29.3 Å². The van der Waals surface area contributed by atoms with Gasteiger partial charge in [0.15, 0.2) is 0 Å². The first-order valence-corrected chi connectivity index (χ1v) is 9.57. The van der Waals surface area contributed by atoms with Crippen LogP contribution in [-0.2, 0) is 6.42 Å². The van der Waals surface area contributed by atoms with Crippen molar-refractivity contribution in [2.24, 2.45) is 5.92 Å². The monoisotopic (exact) mass is 337 g/mol. The average Bonchev–Trinajstić information content (AvgIpc) is 2.61. The lowest BCUT2D eigenvalue weighted by atomic mass is 9.88. The topological polar surface area (TPSA) is 23.5 Å². The molecule has 1 N–H and O–H groups in total. The van der Waals surface area contributed by atoms with E-state index in [9.17, 15) is 5.11 Å². The Kier molecular flexibility index (Phi) is 5.93. The standard InChI is InChI=1S/C23H31NO/c1-17-13-18(2)15-22(14-17)19(3)23(25)24-11-9-21(10-12-24)16-20-7-5-4-6-8-20/h4-8,13-15,19,21,23,25H,9-12,16H2,1-3H3. The van der Waals surface area contributed by atoms with E-state index in [2.05, 4.69) is 74.2 Å². The second-order valence-corrected chi connectivity index (χ2v) is 7.79. The van der Waals surface area contributed by atoms with Crippen molar-refractivity contribution in [3.8, 4) is 0 Å². The fourth-order valence-electron chi connectivity index (χ4n) is 4.13. The minimum atomic E-state index is -0.390. The van der Waals surface area contributed by atoms with Gasteiger partial charge < -0.3 is 5.11 Å². The number of likely N-dealkylation sites (tertiary alicyclic amines) is 1. The SMILES string of the molecule is Cc1cc(C)cc(C(C)C(O)N2CCC(Cc3ccccc3)CC2)c1. The maximum atomic E-state index is 10.9. The molecule has 0 saturated carbocycles. The molecule has 0 aliphatic carbocycles. The first-order valence-electron chi connectivity index (χ1n) is 9.57. The first kappa shape index (κ1) is 18.2. The van der Waals surface area contributed by atoms with Crippen molar-refractivity contribution in [2.75, 3.05) is 13.1 Å². The molecule has 0 aromatic heterocycles. The van der Waals surface area contributed by atoms with Crippen LogP contribution in [0.5, 0.6) is 0 Å². The lowest BCUT2D eigenvalue weighted by molar-refractivity contribution is -0.0313. The summed E-state index contributed by atoms with van der Waals surface area (Å²) >= 11 is 0. The Morgan fingerprint density at radius 2 is 1.60 bits per heavy atom. The van der Waals surface area contributed by atoms with Crippen LogP contribution >= 0.6 is 0 Å². The Hall–Kier alpha value is -1.64. The van der Waals surface area contributed by atoms with Crippen molar-refractivity contribution in [1.82, 2.24) is 4.90 Å². The van der Waals surface area contributed by atoms with Gasteiger partial charge in [-0.05, 0) is 50.2 Å². The van der Waals surface area contributed by atoms with Crippen LogP contribution in [0.25, 0.3) is 0 Å². The Morgan fingerprint density at radius 3 is 2.20 bits per heavy atom. The number of hydrogen-bond acceptors (Lipinski definition) is 2. The molecule has 2 atom stereocenters. The van der Waals surface area contributed by atoms with E-state index in [-0.39, 0.29) is 12.1 Å². The molecule has 2 unspecified atom stereocenters. The fourth-order valence-corrected chi connectivity index (χ4v) is 4.13. The van der Waals surface area contributed by atoms with E-state index in [0.29, 0.717) is 0 Å². The van der Waals surface area contributed by atoms with Gasteiger partial charge in [0.05, 0.1) is 0 Å². The number of hydrogen-bond donors (Lipinski definition) is 1. The minimum Gasteiger partial charge on any atom is -0.378 e. The summed E-state index contributed by atoms with van der Waals surface area (Å²) in [5, 5.41) is 10.9. The molecule has 1 aliphatic rings. The molecule has 1 aliphatic heterocycles. The Bertz CT molecular complexity index is 653. The fraction of sp³-hybridized carbons (Fsp3) is 0.478. The summed E-state index contributed by atoms with van der Waals surface area (Å²) < 4.78 is 0. The predicted molar refractivity (Wildman–Crippen MR) is 105 cm³/mol. The quantitative estimate of drug-likeness (QED) is 0.856. The molecule has 1 heterocycles. The predicted octanol–water partition coefficient (Wildman–Crippen LogP) is 4.68. The van der Waals surface area contributed by atoms with Gasteiger partial charge in [-0.1, -0.05) is 66.6 Å². The molecule has 1 fully saturated rings. The third-order valence-electron chi connectivity index (χ3n) is 5.61. The number of benzene rings is 2. The molecule has 25 heavy (non-hydrogen) atoms. The highest BCUT2D eigenvalue weighted by Gasteiger charge is 2.28. The highest BCUT2D eigenvalue weighted by Crippen LogP contribution is 2.28. The lowest BCUT2D eigenvalue weighted by Crippen LogP contribution is -2.44. The first-order chi connectivity index (χ1) is 12.0. The van der Waals surface area contributed by atoms with Crippen LogP contribution in [0.1, 0.15) is 47.9 Å². The maximum Gasteiger partial charge on any atom is 0.114 e. The number of aliphatic hydroxyl groups excluding tert-OH is 1. The summed E-state index contributed by atoms with van der Waals surface area (Å²) in [5.41, 5.74) is 5.23. The Balaban J connectivity index is 1.56. The number of piperidine rings is 1. The van der Waals surface area contributed by atoms with E-state index in [0.717, 1.165) is 25.4 Å². The molecule has 2 heteroatoms. The van der Waals surface area contributed by atoms with Gasteiger partial charge in [-0.2, -0.15) is 0 Å². The molecular formula is C23H31NO. The van der Waals surface area contributed by atoms with Crippen molar-refractivity contribution in [3.63, 3.8) is 0 Å². The number of aliphatic hydroxyl groups is 1. The van der Waals surface area contributed by atoms with Crippen molar-refractivity contribution in [3.05, 3.63) is 70.8 Å². The molecular weight excluding hydrogens is 306 g/mol. The van der Waals surface area contributed by atoms with Crippen molar-refractivity contribution in [2.45, 2.75) is 52.2 Å². The summed E-state index contributed by atoms with van der Waals surface area (Å²) in [5.74, 6) is 0.881. The number of aryl methyl sites for hydroxylation is 2. The Morgan fingerprint density at radius 1 is 1.00 bits per heavy atom. The van der Waals surface area contributed by atoms with Crippen LogP contribution in [0.3, 0.4) is 0 Å². The van der Waals surface area contributed by atoms with Gasteiger partial charge in [-0.3, -0.25) is 4.90 Å². The summed E-state index contributed by atoms with van der Waals surface area (Å²) in [6, 6.07) is 17.4. The second kappa shape index (κ2) is 8.16. The molecule has 1 saturated heterocycles. The van der Waals surface area contributed by atoms with E-state index in [1.54, 1.807) is 0 Å². The van der Waals surface area contributed by atoms with Gasteiger partial charge in [-0.15, -0.1) is 0 Å². The zero-order chi connectivity index (χ0) is 17.8. The third kappa shape index (κ3) is 4.71. The largest absolute Gasteiger partial charge is 0.378 e. The van der Waals surface area contributed by atoms with Crippen LogP contribution in [0.4, 0.5) is 0 Å². The van der Waals surface area contributed by atoms with Gasteiger partial charge in [0.25, 0.3) is 0 Å². The maximum absolute atomic E-state index is 10.9. The van der Waals surface area contributed by atoms with E-state index in [1.807, 2.05) is 0 Å². The molecule has 2 aromatic carbocycles. The van der Waals surface area contributed by atoms with E-state index in [4.69, 9.17) is 0 Å². The summed E-state index contributed by atoms with van der Waals surface area (Å²) in [7, 11) is 0. The minimum absolute atomic E-state index is 0.143. The zero-order valence-corrected chi connectivity index (χ0v) is 15.8. The van der Waals surface area contributed by atoms with E-state index in [1.165, 1.54) is 35.1 Å². The molecule has 3 rings (SSSR count). The Labute approximate surface area is 152 Å². The normalized spacial score (nSPS) is 18.9. The van der Waals surface area contributed by atoms with Gasteiger partial charge in [0.2, 0.25) is 0 Å². The summed E-state index contributed by atoms with van der Waals surface area (Å²) in [4.78, 5) is 2.27. The molecule has 0 bridgehead atoms. The van der Waals surface area contributed by atoms with Crippen molar-refractivity contribution < 1.29 is 5.11 Å².